The summed E-state index contributed by atoms with van der Waals surface area (Å²) in [6.45, 7) is 0. The largest absolute Gasteiger partial charge is 0.358 e. The third-order valence-corrected chi connectivity index (χ3v) is 1.37. The summed E-state index contributed by atoms with van der Waals surface area (Å²) in [7, 11) is 0. The number of rotatable bonds is 0. The van der Waals surface area contributed by atoms with E-state index in [1.54, 1.807) is 12.3 Å². The molecular weight excluding hydrogens is 300 g/mol. The third-order valence-electron chi connectivity index (χ3n) is 1.37. The van der Waals surface area contributed by atoms with Crippen molar-refractivity contribution in [2.24, 2.45) is 0 Å². The van der Waals surface area contributed by atoms with Gasteiger partial charge in [0.05, 0.1) is 0 Å². The van der Waals surface area contributed by atoms with Gasteiger partial charge in [0.2, 0.25) is 0 Å². The number of hydrogen-bond acceptors (Lipinski definition) is 1. The molecule has 0 unspecified atom stereocenters. The van der Waals surface area contributed by atoms with E-state index < -0.39 is 0 Å². The normalized spacial score (nSPS) is 8.33. The van der Waals surface area contributed by atoms with Gasteiger partial charge in [0.1, 0.15) is 0 Å². The van der Waals surface area contributed by atoms with Gasteiger partial charge >= 0.3 is 0 Å². The molecule has 2 radical (unpaired) electrons. The summed E-state index contributed by atoms with van der Waals surface area (Å²) in [4.78, 5) is 4.11. The minimum Gasteiger partial charge on any atom is -0.358 e. The molecule has 54 valence electrons. The zero-order chi connectivity index (χ0) is 6.81. The summed E-state index contributed by atoms with van der Waals surface area (Å²) < 4.78 is 0. The van der Waals surface area contributed by atoms with Crippen molar-refractivity contribution in [3.05, 3.63) is 42.6 Å². The summed E-state index contributed by atoms with van der Waals surface area (Å²) in [5, 5.41) is 1.09. The Balaban J connectivity index is 0.000000605. The molecule has 1 aromatic heterocycles. The molecule has 0 N–H and O–H groups in total. The molecule has 0 saturated heterocycles. The molecule has 1 heterocycles. The molecule has 0 bridgehead atoms. The van der Waals surface area contributed by atoms with Crippen LogP contribution in [0.25, 0.3) is 10.9 Å². The number of fused-ring (bicyclic) bond motifs is 1. The maximum atomic E-state index is 4.11. The van der Waals surface area contributed by atoms with E-state index in [2.05, 4.69) is 17.1 Å². The topological polar surface area (TPSA) is 12.9 Å². The van der Waals surface area contributed by atoms with Gasteiger partial charge in [0.15, 0.2) is 0 Å². The van der Waals surface area contributed by atoms with Crippen LogP contribution in [0.5, 0.6) is 0 Å². The number of aromatic nitrogens is 1. The first-order valence-corrected chi connectivity index (χ1v) is 3.09. The smallest absolute Gasteiger partial charge is 0.0207 e. The first kappa shape index (κ1) is 12.8. The fourth-order valence-corrected chi connectivity index (χ4v) is 0.896. The van der Waals surface area contributed by atoms with E-state index in [4.69, 9.17) is 0 Å². The monoisotopic (exact) mass is 305 g/mol. The second kappa shape index (κ2) is 6.32. The van der Waals surface area contributed by atoms with Gasteiger partial charge in [0, 0.05) is 71.6 Å². The Bertz CT molecular complexity index is 284. The van der Waals surface area contributed by atoms with E-state index in [9.17, 15) is 0 Å². The molecule has 0 fully saturated rings. The quantitative estimate of drug-likeness (QED) is 0.677. The summed E-state index contributed by atoms with van der Waals surface area (Å²) in [5.41, 5.74) is 0.904. The van der Waals surface area contributed by atoms with Crippen molar-refractivity contribution in [3.63, 3.8) is 0 Å². The van der Waals surface area contributed by atoms with Crippen LogP contribution < -0.4 is 0 Å². The molecule has 2 aromatic rings. The molecule has 3 heteroatoms. The van der Waals surface area contributed by atoms with E-state index in [-0.39, 0.29) is 65.4 Å². The summed E-state index contributed by atoms with van der Waals surface area (Å²) in [5.74, 6) is 0. The number of nitrogens with zero attached hydrogens (tertiary/aromatic N) is 1. The standard InChI is InChI=1S/C9H5N.2Y/c1-2-6-9-8(4-1)5-3-7-10-9;;/h2-5,7H;;/q-2;;. The van der Waals surface area contributed by atoms with Crippen molar-refractivity contribution in [1.82, 2.24) is 4.98 Å². The molecule has 0 aliphatic carbocycles. The average molecular weight is 305 g/mol. The minimum absolute atomic E-state index is 0. The molecule has 2 rings (SSSR count). The van der Waals surface area contributed by atoms with Crippen LogP contribution in [0.15, 0.2) is 30.5 Å². The number of benzene rings is 1. The fraction of sp³-hybridized carbons (Fsp3) is 0. The molecular formula is C9H5NY2-2. The van der Waals surface area contributed by atoms with Crippen molar-refractivity contribution >= 4 is 10.9 Å². The summed E-state index contributed by atoms with van der Waals surface area (Å²) >= 11 is 0. The maximum Gasteiger partial charge on any atom is 0.0207 e. The van der Waals surface area contributed by atoms with Crippen LogP contribution >= 0.6 is 0 Å². The molecule has 0 aliphatic rings. The Morgan fingerprint density at radius 3 is 2.83 bits per heavy atom. The Kier molecular flexibility index (Phi) is 6.76. The van der Waals surface area contributed by atoms with Crippen molar-refractivity contribution in [1.29, 1.82) is 0 Å². The van der Waals surface area contributed by atoms with E-state index in [1.165, 1.54) is 0 Å². The van der Waals surface area contributed by atoms with Gasteiger partial charge in [-0.2, -0.15) is 11.6 Å². The number of hydrogen-bond donors (Lipinski definition) is 0. The molecule has 12 heavy (non-hydrogen) atoms. The van der Waals surface area contributed by atoms with Crippen molar-refractivity contribution in [2.45, 2.75) is 0 Å². The van der Waals surface area contributed by atoms with Gasteiger partial charge < -0.3 is 23.2 Å². The van der Waals surface area contributed by atoms with Gasteiger partial charge in [-0.05, 0) is 0 Å². The Labute approximate surface area is 122 Å². The zero-order valence-electron chi connectivity index (χ0n) is 6.49. The van der Waals surface area contributed by atoms with E-state index in [1.807, 2.05) is 18.2 Å². The first-order chi connectivity index (χ1) is 4.97. The van der Waals surface area contributed by atoms with Gasteiger partial charge in [-0.25, -0.2) is 5.39 Å². The summed E-state index contributed by atoms with van der Waals surface area (Å²) in [6.07, 6.45) is 1.76. The van der Waals surface area contributed by atoms with Crippen LogP contribution in [-0.2, 0) is 65.4 Å². The van der Waals surface area contributed by atoms with E-state index in [0.29, 0.717) is 0 Å². The Morgan fingerprint density at radius 2 is 2.08 bits per heavy atom. The van der Waals surface area contributed by atoms with Crippen molar-refractivity contribution in [2.75, 3.05) is 0 Å². The number of pyridine rings is 1. The molecule has 0 saturated carbocycles. The van der Waals surface area contributed by atoms with Crippen molar-refractivity contribution in [3.8, 4) is 0 Å². The van der Waals surface area contributed by atoms with Crippen LogP contribution in [0.2, 0.25) is 0 Å². The van der Waals surface area contributed by atoms with Crippen LogP contribution in [0.3, 0.4) is 0 Å². The Hall–Kier alpha value is 0.838. The van der Waals surface area contributed by atoms with Crippen LogP contribution in [0, 0.1) is 12.1 Å². The predicted octanol–water partition coefficient (Wildman–Crippen LogP) is 1.83. The van der Waals surface area contributed by atoms with E-state index >= 15 is 0 Å². The van der Waals surface area contributed by atoms with Gasteiger partial charge in [-0.15, -0.1) is 0 Å². The zero-order valence-corrected chi connectivity index (χ0v) is 12.2. The van der Waals surface area contributed by atoms with Crippen LogP contribution in [0.4, 0.5) is 0 Å². The van der Waals surface area contributed by atoms with Crippen LogP contribution in [-0.4, -0.2) is 4.98 Å². The van der Waals surface area contributed by atoms with Crippen LogP contribution in [0.1, 0.15) is 0 Å². The molecule has 0 aliphatic heterocycles. The van der Waals surface area contributed by atoms with Crippen molar-refractivity contribution < 1.29 is 65.4 Å². The Morgan fingerprint density at radius 1 is 1.25 bits per heavy atom. The maximum absolute atomic E-state index is 4.11. The van der Waals surface area contributed by atoms with Gasteiger partial charge in [0.25, 0.3) is 0 Å². The minimum atomic E-state index is 0. The molecule has 0 amide bonds. The van der Waals surface area contributed by atoms with Gasteiger partial charge in [-0.3, -0.25) is 6.07 Å². The first-order valence-electron chi connectivity index (χ1n) is 3.09. The fourth-order valence-electron chi connectivity index (χ4n) is 0.896. The molecule has 1 nitrogen and oxygen atoms in total. The van der Waals surface area contributed by atoms with Gasteiger partial charge in [-0.1, -0.05) is 6.07 Å². The average Bonchev–Trinajstić information content (AvgIpc) is 2.05. The SMILES string of the molecule is [Y].[Y].[c-]1c[c-]c2ncccc2c1. The second-order valence-electron chi connectivity index (χ2n) is 2.04. The second-order valence-corrected chi connectivity index (χ2v) is 2.04. The molecule has 0 spiro atoms. The predicted molar refractivity (Wildman–Crippen MR) is 39.4 cm³/mol. The third kappa shape index (κ3) is 2.96. The summed E-state index contributed by atoms with van der Waals surface area (Å²) in [6, 6.07) is 13.5. The van der Waals surface area contributed by atoms with E-state index in [0.717, 1.165) is 10.9 Å². The molecule has 0 atom stereocenters. The molecule has 1 aromatic carbocycles.